The van der Waals surface area contributed by atoms with Gasteiger partial charge in [-0.3, -0.25) is 9.59 Å². The number of anilines is 1. The van der Waals surface area contributed by atoms with Crippen LogP contribution in [-0.4, -0.2) is 62.2 Å². The minimum absolute atomic E-state index is 0.135. The van der Waals surface area contributed by atoms with E-state index in [1.54, 1.807) is 30.3 Å². The summed E-state index contributed by atoms with van der Waals surface area (Å²) in [5.41, 5.74) is 2.08. The first-order valence-electron chi connectivity index (χ1n) is 12.5. The topological polar surface area (TPSA) is 90.0 Å². The van der Waals surface area contributed by atoms with Crippen molar-refractivity contribution in [3.8, 4) is 0 Å². The maximum atomic E-state index is 14.0. The van der Waals surface area contributed by atoms with Gasteiger partial charge in [0.2, 0.25) is 11.8 Å². The van der Waals surface area contributed by atoms with Crippen LogP contribution in [0.4, 0.5) is 5.69 Å². The third kappa shape index (κ3) is 7.66. The molecule has 202 valence electrons. The fourth-order valence-corrected chi connectivity index (χ4v) is 5.08. The second-order valence-corrected chi connectivity index (χ2v) is 11.6. The average Bonchev–Trinajstić information content (AvgIpc) is 2.90. The molecular weight excluding hydrogens is 500 g/mol. The largest absolute Gasteiger partial charge is 0.352 e. The first kappa shape index (κ1) is 28.9. The lowest BCUT2D eigenvalue weighted by atomic mass is 10.0. The van der Waals surface area contributed by atoms with Crippen molar-refractivity contribution in [1.82, 2.24) is 14.5 Å². The fraction of sp³-hybridized carbons (Fsp3) is 0.310. The van der Waals surface area contributed by atoms with Crippen LogP contribution >= 0.6 is 0 Å². The van der Waals surface area contributed by atoms with Crippen molar-refractivity contribution in [2.75, 3.05) is 24.9 Å². The molecule has 0 saturated heterocycles. The number of benzene rings is 3. The molecule has 38 heavy (non-hydrogen) atoms. The number of rotatable bonds is 12. The third-order valence-electron chi connectivity index (χ3n) is 5.96. The molecule has 1 unspecified atom stereocenters. The van der Waals surface area contributed by atoms with Crippen molar-refractivity contribution < 1.29 is 18.0 Å². The Morgan fingerprint density at radius 3 is 1.79 bits per heavy atom. The van der Waals surface area contributed by atoms with E-state index >= 15 is 0 Å². The predicted octanol–water partition coefficient (Wildman–Crippen LogP) is 3.46. The number of nitrogens with zero attached hydrogens (tertiary/aromatic N) is 3. The molecule has 0 aromatic heterocycles. The van der Waals surface area contributed by atoms with Gasteiger partial charge >= 0.3 is 10.2 Å². The number of nitrogens with one attached hydrogen (secondary N) is 1. The van der Waals surface area contributed by atoms with E-state index in [2.05, 4.69) is 5.32 Å². The monoisotopic (exact) mass is 536 g/mol. The molecule has 0 aliphatic rings. The highest BCUT2D eigenvalue weighted by atomic mass is 32.2. The molecule has 0 spiro atoms. The van der Waals surface area contributed by atoms with Gasteiger partial charge in [-0.1, -0.05) is 78.9 Å². The Kier molecular flexibility index (Phi) is 10.0. The van der Waals surface area contributed by atoms with Crippen LogP contribution in [0.25, 0.3) is 0 Å². The standard InChI is InChI=1S/C29H36N4O4S/c1-23(2)30-29(35)27(20-24-14-8-5-9-15-24)32(21-25-16-10-6-11-17-25)28(34)22-33(38(36,37)31(3)4)26-18-12-7-13-19-26/h5-19,23,27H,20-22H2,1-4H3,(H,30,35). The first-order valence-corrected chi connectivity index (χ1v) is 13.9. The van der Waals surface area contributed by atoms with E-state index in [1.165, 1.54) is 19.0 Å². The zero-order chi connectivity index (χ0) is 27.7. The molecule has 0 saturated carbocycles. The first-order chi connectivity index (χ1) is 18.1. The van der Waals surface area contributed by atoms with Gasteiger partial charge in [0.25, 0.3) is 0 Å². The minimum atomic E-state index is -4.00. The van der Waals surface area contributed by atoms with Gasteiger partial charge < -0.3 is 10.2 Å². The van der Waals surface area contributed by atoms with Crippen LogP contribution in [0.3, 0.4) is 0 Å². The molecule has 0 radical (unpaired) electrons. The number of carbonyl (C=O) groups excluding carboxylic acids is 2. The van der Waals surface area contributed by atoms with E-state index < -0.39 is 28.7 Å². The Morgan fingerprint density at radius 1 is 0.789 bits per heavy atom. The van der Waals surface area contributed by atoms with Gasteiger partial charge in [-0.05, 0) is 37.1 Å². The third-order valence-corrected chi connectivity index (χ3v) is 7.78. The quantitative estimate of drug-likeness (QED) is 0.384. The number of para-hydroxylation sites is 1. The summed E-state index contributed by atoms with van der Waals surface area (Å²) in [6, 6.07) is 26.4. The van der Waals surface area contributed by atoms with Gasteiger partial charge in [0, 0.05) is 33.1 Å². The number of amides is 2. The number of carbonyl (C=O) groups is 2. The Hall–Kier alpha value is -3.69. The Balaban J connectivity index is 2.05. The van der Waals surface area contributed by atoms with Gasteiger partial charge in [0.15, 0.2) is 0 Å². The zero-order valence-corrected chi connectivity index (χ0v) is 23.1. The lowest BCUT2D eigenvalue weighted by Crippen LogP contribution is -2.55. The molecule has 8 nitrogen and oxygen atoms in total. The molecule has 1 atom stereocenters. The van der Waals surface area contributed by atoms with E-state index in [1.807, 2.05) is 74.5 Å². The molecule has 0 bridgehead atoms. The SMILES string of the molecule is CC(C)NC(=O)C(Cc1ccccc1)N(Cc1ccccc1)C(=O)CN(c1ccccc1)S(=O)(=O)N(C)C. The van der Waals surface area contributed by atoms with Gasteiger partial charge in [-0.25, -0.2) is 4.31 Å². The minimum Gasteiger partial charge on any atom is -0.352 e. The zero-order valence-electron chi connectivity index (χ0n) is 22.3. The summed E-state index contributed by atoms with van der Waals surface area (Å²) >= 11 is 0. The van der Waals surface area contributed by atoms with Gasteiger partial charge in [-0.15, -0.1) is 0 Å². The molecule has 1 N–H and O–H groups in total. The van der Waals surface area contributed by atoms with Crippen LogP contribution < -0.4 is 9.62 Å². The second-order valence-electron chi connectivity index (χ2n) is 9.51. The highest BCUT2D eigenvalue weighted by molar-refractivity contribution is 7.90. The van der Waals surface area contributed by atoms with Crippen LogP contribution in [0.1, 0.15) is 25.0 Å². The van der Waals surface area contributed by atoms with E-state index in [4.69, 9.17) is 0 Å². The molecule has 0 fully saturated rings. The van der Waals surface area contributed by atoms with Crippen molar-refractivity contribution >= 4 is 27.7 Å². The van der Waals surface area contributed by atoms with Crippen LogP contribution in [0, 0.1) is 0 Å². The summed E-state index contributed by atoms with van der Waals surface area (Å²) in [6.45, 7) is 3.41. The summed E-state index contributed by atoms with van der Waals surface area (Å²) < 4.78 is 28.7. The van der Waals surface area contributed by atoms with Crippen LogP contribution in [0.15, 0.2) is 91.0 Å². The molecule has 2 amide bonds. The maximum Gasteiger partial charge on any atom is 0.304 e. The number of hydrogen-bond acceptors (Lipinski definition) is 4. The van der Waals surface area contributed by atoms with Gasteiger partial charge in [0.05, 0.1) is 5.69 Å². The molecule has 0 heterocycles. The van der Waals surface area contributed by atoms with E-state index in [9.17, 15) is 18.0 Å². The average molecular weight is 537 g/mol. The molecule has 3 aromatic carbocycles. The van der Waals surface area contributed by atoms with Crippen molar-refractivity contribution in [3.05, 3.63) is 102 Å². The highest BCUT2D eigenvalue weighted by Gasteiger charge is 2.34. The molecule has 0 aliphatic heterocycles. The highest BCUT2D eigenvalue weighted by Crippen LogP contribution is 2.21. The second kappa shape index (κ2) is 13.2. The van der Waals surface area contributed by atoms with Crippen molar-refractivity contribution in [3.63, 3.8) is 0 Å². The Bertz CT molecular complexity index is 1280. The molecule has 3 rings (SSSR count). The Morgan fingerprint density at radius 2 is 1.29 bits per heavy atom. The van der Waals surface area contributed by atoms with Crippen LogP contribution in [0.2, 0.25) is 0 Å². The normalized spacial score (nSPS) is 12.3. The smallest absolute Gasteiger partial charge is 0.304 e. The van der Waals surface area contributed by atoms with E-state index in [-0.39, 0.29) is 24.9 Å². The molecular formula is C29H36N4O4S. The molecule has 3 aromatic rings. The number of hydrogen-bond donors (Lipinski definition) is 1. The van der Waals surface area contributed by atoms with E-state index in [0.717, 1.165) is 19.7 Å². The predicted molar refractivity (Wildman–Crippen MR) is 151 cm³/mol. The van der Waals surface area contributed by atoms with Crippen LogP contribution in [-0.2, 0) is 32.8 Å². The van der Waals surface area contributed by atoms with Crippen molar-refractivity contribution in [2.24, 2.45) is 0 Å². The summed E-state index contributed by atoms with van der Waals surface area (Å²) in [6.07, 6.45) is 0.281. The summed E-state index contributed by atoms with van der Waals surface area (Å²) in [5.74, 6) is -0.780. The lowest BCUT2D eigenvalue weighted by Gasteiger charge is -2.34. The fourth-order valence-electron chi connectivity index (χ4n) is 4.03. The van der Waals surface area contributed by atoms with Gasteiger partial charge in [-0.2, -0.15) is 12.7 Å². The molecule has 9 heteroatoms. The summed E-state index contributed by atoms with van der Waals surface area (Å²) in [7, 11) is -1.15. The molecule has 0 aliphatic carbocycles. The van der Waals surface area contributed by atoms with Crippen molar-refractivity contribution in [2.45, 2.75) is 38.9 Å². The van der Waals surface area contributed by atoms with Crippen LogP contribution in [0.5, 0.6) is 0 Å². The van der Waals surface area contributed by atoms with Crippen molar-refractivity contribution in [1.29, 1.82) is 0 Å². The lowest BCUT2D eigenvalue weighted by molar-refractivity contribution is -0.140. The summed E-state index contributed by atoms with van der Waals surface area (Å²) in [5, 5.41) is 2.94. The Labute approximate surface area is 226 Å². The maximum absolute atomic E-state index is 14.0. The van der Waals surface area contributed by atoms with E-state index in [0.29, 0.717) is 5.69 Å². The summed E-state index contributed by atoms with van der Waals surface area (Å²) in [4.78, 5) is 29.0. The van der Waals surface area contributed by atoms with Gasteiger partial charge in [0.1, 0.15) is 12.6 Å².